The molecule has 0 amide bonds. The Hall–Kier alpha value is -3.12. The largest absolute Gasteiger partial charge is 0.760 e. The minimum Gasteiger partial charge on any atom is -0.760 e. The Kier molecular flexibility index (Phi) is 8.96. The van der Waals surface area contributed by atoms with E-state index in [1.807, 2.05) is 0 Å². The van der Waals surface area contributed by atoms with Crippen molar-refractivity contribution in [1.29, 1.82) is 0 Å². The van der Waals surface area contributed by atoms with E-state index in [-0.39, 0.29) is 36.0 Å². The number of ether oxygens (including phenoxy) is 2. The fourth-order valence-electron chi connectivity index (χ4n) is 3.33. The molecule has 2 N–H and O–H groups in total. The second-order valence-corrected chi connectivity index (χ2v) is 9.56. The molecule has 0 saturated heterocycles. The number of nitrogens with one attached hydrogen (secondary N) is 1. The summed E-state index contributed by atoms with van der Waals surface area (Å²) in [5, 5.41) is 10.0. The molecule has 0 saturated carbocycles. The zero-order valence-electron chi connectivity index (χ0n) is 20.0. The molecule has 194 valence electrons. The smallest absolute Gasteiger partial charge is 0.254 e. The molecule has 3 aromatic rings. The van der Waals surface area contributed by atoms with Crippen LogP contribution in [0.1, 0.15) is 25.8 Å². The van der Waals surface area contributed by atoms with E-state index in [0.29, 0.717) is 30.0 Å². The van der Waals surface area contributed by atoms with Crippen molar-refractivity contribution in [3.8, 4) is 28.4 Å². The summed E-state index contributed by atoms with van der Waals surface area (Å²) in [4.78, 5) is 12.4. The third kappa shape index (κ3) is 7.69. The first kappa shape index (κ1) is 27.5. The molecule has 0 spiro atoms. The summed E-state index contributed by atoms with van der Waals surface area (Å²) in [5.41, 5.74) is 0.303. The Bertz CT molecular complexity index is 1310. The van der Waals surface area contributed by atoms with Gasteiger partial charge in [0.15, 0.2) is 11.6 Å². The van der Waals surface area contributed by atoms with Crippen LogP contribution in [-0.4, -0.2) is 37.2 Å². The standard InChI is InChI=1S/C25H28F2N2O6S/c1-25(2,31)9-11-34-23-14-24(30)29(3)15-19(23)18-12-16(8-10-28-36(32)33)4-6-21(18)35-22-7-5-17(26)13-20(22)27/h4-7,12-15,28,31H,8-11H2,1-3H3,(H,32,33)/p-1. The van der Waals surface area contributed by atoms with Crippen LogP contribution in [0.15, 0.2) is 53.5 Å². The number of pyridine rings is 1. The molecule has 0 aliphatic carbocycles. The maximum Gasteiger partial charge on any atom is 0.254 e. The number of benzene rings is 2. The van der Waals surface area contributed by atoms with Gasteiger partial charge in [-0.15, -0.1) is 0 Å². The molecule has 0 aliphatic rings. The van der Waals surface area contributed by atoms with Gasteiger partial charge in [-0.1, -0.05) is 6.07 Å². The van der Waals surface area contributed by atoms with E-state index in [2.05, 4.69) is 4.72 Å². The van der Waals surface area contributed by atoms with Crippen molar-refractivity contribution >= 4 is 11.3 Å². The monoisotopic (exact) mass is 521 g/mol. The van der Waals surface area contributed by atoms with Gasteiger partial charge in [0.05, 0.1) is 12.2 Å². The first-order chi connectivity index (χ1) is 16.9. The van der Waals surface area contributed by atoms with Crippen LogP contribution in [0.25, 0.3) is 11.1 Å². The van der Waals surface area contributed by atoms with Crippen LogP contribution < -0.4 is 19.8 Å². The van der Waals surface area contributed by atoms with Crippen LogP contribution in [0.5, 0.6) is 17.2 Å². The van der Waals surface area contributed by atoms with Crippen molar-refractivity contribution in [2.75, 3.05) is 13.2 Å². The normalized spacial score (nSPS) is 12.4. The molecule has 0 fully saturated rings. The van der Waals surface area contributed by atoms with E-state index in [4.69, 9.17) is 9.47 Å². The van der Waals surface area contributed by atoms with Gasteiger partial charge in [0.2, 0.25) is 0 Å². The van der Waals surface area contributed by atoms with E-state index >= 15 is 0 Å². The maximum atomic E-state index is 14.3. The summed E-state index contributed by atoms with van der Waals surface area (Å²) in [6, 6.07) is 9.22. The third-order valence-electron chi connectivity index (χ3n) is 5.24. The topological polar surface area (TPSA) is 113 Å². The Morgan fingerprint density at radius 2 is 1.81 bits per heavy atom. The Balaban J connectivity index is 2.07. The number of aryl methyl sites for hydroxylation is 1. The van der Waals surface area contributed by atoms with Crippen molar-refractivity contribution in [2.24, 2.45) is 7.05 Å². The highest BCUT2D eigenvalue weighted by Crippen LogP contribution is 2.39. The molecule has 2 aromatic carbocycles. The van der Waals surface area contributed by atoms with Gasteiger partial charge in [0.25, 0.3) is 5.56 Å². The van der Waals surface area contributed by atoms with Crippen molar-refractivity contribution < 1.29 is 32.1 Å². The van der Waals surface area contributed by atoms with Crippen LogP contribution in [0.2, 0.25) is 0 Å². The zero-order valence-corrected chi connectivity index (χ0v) is 20.9. The van der Waals surface area contributed by atoms with Gasteiger partial charge in [0, 0.05) is 60.7 Å². The fourth-order valence-corrected chi connectivity index (χ4v) is 3.60. The maximum absolute atomic E-state index is 14.3. The molecule has 1 aromatic heterocycles. The first-order valence-corrected chi connectivity index (χ1v) is 12.2. The van der Waals surface area contributed by atoms with Crippen molar-refractivity contribution in [3.05, 3.63) is 76.2 Å². The van der Waals surface area contributed by atoms with E-state index in [0.717, 1.165) is 17.7 Å². The second kappa shape index (κ2) is 11.7. The van der Waals surface area contributed by atoms with Gasteiger partial charge in [-0.2, -0.15) is 0 Å². The molecule has 0 aliphatic heterocycles. The molecule has 11 heteroatoms. The molecular formula is C25H27F2N2O6S-. The number of hydrogen-bond donors (Lipinski definition) is 2. The lowest BCUT2D eigenvalue weighted by atomic mass is 10.0. The highest BCUT2D eigenvalue weighted by Gasteiger charge is 2.19. The predicted octanol–water partition coefficient (Wildman–Crippen LogP) is 3.59. The molecule has 1 heterocycles. The summed E-state index contributed by atoms with van der Waals surface area (Å²) in [7, 11) is 1.56. The Morgan fingerprint density at radius 1 is 1.08 bits per heavy atom. The lowest BCUT2D eigenvalue weighted by Gasteiger charge is -2.20. The Labute approximate surface area is 209 Å². The van der Waals surface area contributed by atoms with Gasteiger partial charge in [-0.05, 0) is 50.1 Å². The van der Waals surface area contributed by atoms with Gasteiger partial charge >= 0.3 is 0 Å². The quantitative estimate of drug-likeness (QED) is 0.373. The molecule has 0 bridgehead atoms. The molecule has 8 nitrogen and oxygen atoms in total. The number of nitrogens with zero attached hydrogens (tertiary/aromatic N) is 1. The van der Waals surface area contributed by atoms with Gasteiger partial charge in [0.1, 0.15) is 17.3 Å². The number of aromatic nitrogens is 1. The van der Waals surface area contributed by atoms with E-state index < -0.39 is 28.5 Å². The van der Waals surface area contributed by atoms with Crippen LogP contribution in [0, 0.1) is 11.6 Å². The summed E-state index contributed by atoms with van der Waals surface area (Å²) in [6.45, 7) is 3.53. The molecule has 1 unspecified atom stereocenters. The van der Waals surface area contributed by atoms with Gasteiger partial charge in [-0.3, -0.25) is 9.00 Å². The molecule has 1 atom stereocenters. The van der Waals surface area contributed by atoms with Crippen molar-refractivity contribution in [3.63, 3.8) is 0 Å². The second-order valence-electron chi connectivity index (χ2n) is 8.80. The summed E-state index contributed by atoms with van der Waals surface area (Å²) < 4.78 is 64.6. The third-order valence-corrected chi connectivity index (χ3v) is 5.68. The Morgan fingerprint density at radius 3 is 2.47 bits per heavy atom. The molecule has 3 rings (SSSR count). The van der Waals surface area contributed by atoms with Crippen LogP contribution >= 0.6 is 0 Å². The summed E-state index contributed by atoms with van der Waals surface area (Å²) in [6.07, 6.45) is 2.18. The van der Waals surface area contributed by atoms with Crippen molar-refractivity contribution in [2.45, 2.75) is 32.3 Å². The molecular weight excluding hydrogens is 494 g/mol. The highest BCUT2D eigenvalue weighted by molar-refractivity contribution is 7.77. The van der Waals surface area contributed by atoms with Crippen molar-refractivity contribution in [1.82, 2.24) is 9.29 Å². The van der Waals surface area contributed by atoms with E-state index in [1.165, 1.54) is 10.6 Å². The number of rotatable bonds is 11. The van der Waals surface area contributed by atoms with Crippen LogP contribution in [0.4, 0.5) is 8.78 Å². The summed E-state index contributed by atoms with van der Waals surface area (Å²) >= 11 is -2.41. The average molecular weight is 522 g/mol. The van der Waals surface area contributed by atoms with E-state index in [1.54, 1.807) is 45.3 Å². The number of aliphatic hydroxyl groups is 1. The molecule has 0 radical (unpaired) electrons. The van der Waals surface area contributed by atoms with Gasteiger partial charge < -0.3 is 23.7 Å². The minimum atomic E-state index is -2.41. The molecule has 36 heavy (non-hydrogen) atoms. The van der Waals surface area contributed by atoms with Gasteiger partial charge in [-0.25, -0.2) is 13.5 Å². The minimum absolute atomic E-state index is 0.116. The fraction of sp³-hybridized carbons (Fsp3) is 0.320. The van der Waals surface area contributed by atoms with E-state index in [9.17, 15) is 27.4 Å². The lowest BCUT2D eigenvalue weighted by Crippen LogP contribution is -2.22. The average Bonchev–Trinajstić information content (AvgIpc) is 2.77. The lowest BCUT2D eigenvalue weighted by molar-refractivity contribution is 0.0554. The summed E-state index contributed by atoms with van der Waals surface area (Å²) in [5.74, 6) is -1.42. The van der Waals surface area contributed by atoms with Crippen LogP contribution in [-0.2, 0) is 24.7 Å². The number of halogens is 2. The highest BCUT2D eigenvalue weighted by atomic mass is 32.2. The zero-order chi connectivity index (χ0) is 26.5. The predicted molar refractivity (Wildman–Crippen MR) is 131 cm³/mol. The van der Waals surface area contributed by atoms with Crippen LogP contribution in [0.3, 0.4) is 0 Å². The SMILES string of the molecule is Cn1cc(-c2cc(CCNS(=O)[O-])ccc2Oc2ccc(F)cc2F)c(OCCC(C)(C)O)cc1=O. The first-order valence-electron chi connectivity index (χ1n) is 11.1. The number of hydrogen-bond acceptors (Lipinski definition) is 6.